The van der Waals surface area contributed by atoms with Crippen LogP contribution >= 0.6 is 11.8 Å². The summed E-state index contributed by atoms with van der Waals surface area (Å²) in [6.45, 7) is 0. The van der Waals surface area contributed by atoms with Crippen molar-refractivity contribution in [3.63, 3.8) is 0 Å². The number of anilines is 1. The summed E-state index contributed by atoms with van der Waals surface area (Å²) in [4.78, 5) is 12.9. The minimum absolute atomic E-state index is 0.409. The number of nitrogens with one attached hydrogen (secondary N) is 1. The average Bonchev–Trinajstić information content (AvgIpc) is 2.15. The fraction of sp³-hybridized carbons (Fsp3) is 0.125. The first-order valence-corrected chi connectivity index (χ1v) is 3.91. The first kappa shape index (κ1) is 10.8. The smallest absolute Gasteiger partial charge is 0.299 e. The fourth-order valence-corrected chi connectivity index (χ4v) is 0.974. The number of carbonyl (C=O) groups is 1. The van der Waals surface area contributed by atoms with Gasteiger partial charge in [-0.05, 0) is 24.3 Å². The standard InChI is InChI=1S/C8H5ClF3NO/c9-13-6-3-1-5(2-4-6)7(14)8(10,11)12/h1-4,13H. The molecule has 1 aromatic carbocycles. The summed E-state index contributed by atoms with van der Waals surface area (Å²) in [5.41, 5.74) is 0.0126. The van der Waals surface area contributed by atoms with Gasteiger partial charge in [-0.25, -0.2) is 0 Å². The van der Waals surface area contributed by atoms with Gasteiger partial charge in [0, 0.05) is 23.0 Å². The maximum atomic E-state index is 11.9. The van der Waals surface area contributed by atoms with Crippen molar-refractivity contribution in [2.24, 2.45) is 0 Å². The predicted octanol–water partition coefficient (Wildman–Crippen LogP) is 3.00. The molecule has 6 heteroatoms. The van der Waals surface area contributed by atoms with Gasteiger partial charge in [-0.3, -0.25) is 9.63 Å². The Balaban J connectivity index is 2.93. The van der Waals surface area contributed by atoms with Gasteiger partial charge in [-0.2, -0.15) is 13.2 Å². The van der Waals surface area contributed by atoms with Gasteiger partial charge in [0.2, 0.25) is 0 Å². The summed E-state index contributed by atoms with van der Waals surface area (Å²) >= 11 is 5.19. The lowest BCUT2D eigenvalue weighted by Crippen LogP contribution is -2.22. The minimum atomic E-state index is -4.84. The summed E-state index contributed by atoms with van der Waals surface area (Å²) in [5, 5.41) is 0. The van der Waals surface area contributed by atoms with Crippen LogP contribution in [-0.2, 0) is 0 Å². The van der Waals surface area contributed by atoms with Crippen molar-refractivity contribution in [2.75, 3.05) is 4.84 Å². The van der Waals surface area contributed by atoms with Crippen molar-refractivity contribution in [2.45, 2.75) is 6.18 Å². The molecule has 0 unspecified atom stereocenters. The number of hydrogen-bond acceptors (Lipinski definition) is 2. The Kier molecular flexibility index (Phi) is 3.00. The highest BCUT2D eigenvalue weighted by atomic mass is 35.5. The summed E-state index contributed by atoms with van der Waals surface area (Å²) in [6, 6.07) is 4.68. The third kappa shape index (κ3) is 2.38. The Labute approximate surface area is 82.8 Å². The van der Waals surface area contributed by atoms with Crippen LogP contribution < -0.4 is 4.84 Å². The summed E-state index contributed by atoms with van der Waals surface area (Å²) in [7, 11) is 0. The molecule has 76 valence electrons. The molecule has 0 radical (unpaired) electrons. The fourth-order valence-electron chi connectivity index (χ4n) is 0.848. The molecule has 1 rings (SSSR count). The van der Waals surface area contributed by atoms with E-state index in [2.05, 4.69) is 4.84 Å². The van der Waals surface area contributed by atoms with Crippen LogP contribution in [0.3, 0.4) is 0 Å². The van der Waals surface area contributed by atoms with E-state index in [1.165, 1.54) is 12.1 Å². The van der Waals surface area contributed by atoms with E-state index in [0.29, 0.717) is 5.69 Å². The second-order valence-corrected chi connectivity index (χ2v) is 2.69. The molecule has 0 fully saturated rings. The number of Topliss-reactive ketones (excluding diaryl/α,β-unsaturated/α-hetero) is 1. The first-order valence-electron chi connectivity index (χ1n) is 3.53. The van der Waals surface area contributed by atoms with Gasteiger partial charge in [-0.1, -0.05) is 0 Å². The van der Waals surface area contributed by atoms with Crippen molar-refractivity contribution in [1.29, 1.82) is 0 Å². The second-order valence-electron chi connectivity index (χ2n) is 2.50. The van der Waals surface area contributed by atoms with Crippen molar-refractivity contribution < 1.29 is 18.0 Å². The van der Waals surface area contributed by atoms with E-state index < -0.39 is 17.5 Å². The van der Waals surface area contributed by atoms with Crippen LogP contribution in [-0.4, -0.2) is 12.0 Å². The zero-order valence-corrected chi connectivity index (χ0v) is 7.49. The molecule has 0 spiro atoms. The molecular weight excluding hydrogens is 219 g/mol. The lowest BCUT2D eigenvalue weighted by atomic mass is 10.1. The minimum Gasteiger partial charge on any atom is -0.299 e. The van der Waals surface area contributed by atoms with Crippen LogP contribution in [0.25, 0.3) is 0 Å². The first-order chi connectivity index (χ1) is 6.45. The van der Waals surface area contributed by atoms with Crippen LogP contribution in [0, 0.1) is 0 Å². The van der Waals surface area contributed by atoms with E-state index in [9.17, 15) is 18.0 Å². The lowest BCUT2D eigenvalue weighted by molar-refractivity contribution is -0.0885. The van der Waals surface area contributed by atoms with E-state index in [0.717, 1.165) is 12.1 Å². The Morgan fingerprint density at radius 3 is 2.07 bits per heavy atom. The van der Waals surface area contributed by atoms with Gasteiger partial charge in [-0.15, -0.1) is 0 Å². The largest absolute Gasteiger partial charge is 0.454 e. The third-order valence-electron chi connectivity index (χ3n) is 1.51. The van der Waals surface area contributed by atoms with Crippen molar-refractivity contribution in [3.05, 3.63) is 29.8 Å². The van der Waals surface area contributed by atoms with Gasteiger partial charge >= 0.3 is 6.18 Å². The summed E-state index contributed by atoms with van der Waals surface area (Å²) in [5.74, 6) is -1.86. The number of alkyl halides is 3. The van der Waals surface area contributed by atoms with Crippen molar-refractivity contribution in [3.8, 4) is 0 Å². The molecule has 1 N–H and O–H groups in total. The Bertz CT molecular complexity index is 333. The monoisotopic (exact) mass is 223 g/mol. The zero-order valence-electron chi connectivity index (χ0n) is 6.73. The maximum Gasteiger partial charge on any atom is 0.454 e. The molecule has 0 aliphatic heterocycles. The van der Waals surface area contributed by atoms with Crippen LogP contribution in [0.5, 0.6) is 0 Å². The molecule has 0 amide bonds. The molecule has 0 saturated carbocycles. The van der Waals surface area contributed by atoms with Gasteiger partial charge in [0.15, 0.2) is 0 Å². The number of benzene rings is 1. The number of halogens is 4. The molecule has 0 aliphatic rings. The van der Waals surface area contributed by atoms with E-state index in [-0.39, 0.29) is 0 Å². The average molecular weight is 224 g/mol. The molecule has 0 aliphatic carbocycles. The van der Waals surface area contributed by atoms with E-state index in [1.54, 1.807) is 0 Å². The Morgan fingerprint density at radius 1 is 1.21 bits per heavy atom. The number of ketones is 1. The highest BCUT2D eigenvalue weighted by Gasteiger charge is 2.39. The zero-order chi connectivity index (χ0) is 10.8. The van der Waals surface area contributed by atoms with E-state index in [4.69, 9.17) is 11.8 Å². The SMILES string of the molecule is O=C(c1ccc(NCl)cc1)C(F)(F)F. The quantitative estimate of drug-likeness (QED) is 0.617. The maximum absolute atomic E-state index is 11.9. The highest BCUT2D eigenvalue weighted by Crippen LogP contribution is 2.22. The lowest BCUT2D eigenvalue weighted by Gasteiger charge is -2.05. The molecule has 0 heterocycles. The second kappa shape index (κ2) is 3.88. The number of carbonyl (C=O) groups excluding carboxylic acids is 1. The van der Waals surface area contributed by atoms with Gasteiger partial charge < -0.3 is 0 Å². The normalized spacial score (nSPS) is 11.1. The Hall–Kier alpha value is -1.23. The molecule has 1 aromatic rings. The Morgan fingerprint density at radius 2 is 1.71 bits per heavy atom. The molecule has 0 aromatic heterocycles. The molecule has 2 nitrogen and oxygen atoms in total. The van der Waals surface area contributed by atoms with Crippen molar-refractivity contribution >= 4 is 23.2 Å². The third-order valence-corrected chi connectivity index (χ3v) is 1.73. The van der Waals surface area contributed by atoms with Crippen LogP contribution in [0.1, 0.15) is 10.4 Å². The van der Waals surface area contributed by atoms with E-state index in [1.807, 2.05) is 0 Å². The number of hydrogen-bond donors (Lipinski definition) is 1. The van der Waals surface area contributed by atoms with Crippen LogP contribution in [0.4, 0.5) is 18.9 Å². The van der Waals surface area contributed by atoms with Crippen LogP contribution in [0.15, 0.2) is 24.3 Å². The van der Waals surface area contributed by atoms with Gasteiger partial charge in [0.25, 0.3) is 5.78 Å². The summed E-state index contributed by atoms with van der Waals surface area (Å²) < 4.78 is 35.8. The molecule has 0 saturated heterocycles. The topological polar surface area (TPSA) is 29.1 Å². The van der Waals surface area contributed by atoms with Crippen molar-refractivity contribution in [1.82, 2.24) is 0 Å². The molecule has 0 bridgehead atoms. The van der Waals surface area contributed by atoms with Gasteiger partial charge in [0.1, 0.15) is 0 Å². The van der Waals surface area contributed by atoms with Gasteiger partial charge in [0.05, 0.1) is 0 Å². The molecule has 0 atom stereocenters. The highest BCUT2D eigenvalue weighted by molar-refractivity contribution is 6.24. The van der Waals surface area contributed by atoms with E-state index >= 15 is 0 Å². The summed E-state index contributed by atoms with van der Waals surface area (Å²) in [6.07, 6.45) is -4.84. The number of rotatable bonds is 2. The molecular formula is C8H5ClF3NO. The predicted molar refractivity (Wildman–Crippen MR) is 46.3 cm³/mol. The van der Waals surface area contributed by atoms with Crippen LogP contribution in [0.2, 0.25) is 0 Å². The molecule has 14 heavy (non-hydrogen) atoms.